The summed E-state index contributed by atoms with van der Waals surface area (Å²) in [7, 11) is 0. The van der Waals surface area contributed by atoms with Crippen LogP contribution >= 0.6 is 0 Å². The number of hydrogen-bond donors (Lipinski definition) is 0. The number of hydrogen-bond acceptors (Lipinski definition) is 2. The topological polar surface area (TPSA) is 26.3 Å². The average molecular weight is 331 g/mol. The molecule has 24 heavy (non-hydrogen) atoms. The van der Waals surface area contributed by atoms with Crippen molar-refractivity contribution < 1.29 is 9.53 Å². The Bertz CT molecular complexity index is 571. The molecular weight excluding hydrogens is 296 g/mol. The lowest BCUT2D eigenvalue weighted by atomic mass is 9.47. The zero-order chi connectivity index (χ0) is 17.5. The largest absolute Gasteiger partial charge is 0.466 e. The highest BCUT2D eigenvalue weighted by Crippen LogP contribution is 2.62. The van der Waals surface area contributed by atoms with E-state index < -0.39 is 0 Å². The molecule has 0 heterocycles. The van der Waals surface area contributed by atoms with Crippen LogP contribution in [0.15, 0.2) is 23.3 Å². The van der Waals surface area contributed by atoms with Gasteiger partial charge in [0, 0.05) is 0 Å². The van der Waals surface area contributed by atoms with E-state index in [1.165, 1.54) is 19.3 Å². The van der Waals surface area contributed by atoms with Crippen LogP contribution in [0, 0.1) is 28.6 Å². The van der Waals surface area contributed by atoms with Crippen LogP contribution in [0.4, 0.5) is 0 Å². The van der Waals surface area contributed by atoms with E-state index in [2.05, 4.69) is 39.8 Å². The summed E-state index contributed by atoms with van der Waals surface area (Å²) < 4.78 is 5.49. The number of carbonyl (C=O) groups excluding carboxylic acids is 1. The molecule has 0 unspecified atom stereocenters. The molecule has 0 aromatic rings. The van der Waals surface area contributed by atoms with Crippen LogP contribution in [-0.2, 0) is 9.53 Å². The van der Waals surface area contributed by atoms with Gasteiger partial charge in [-0.15, -0.1) is 0 Å². The summed E-state index contributed by atoms with van der Waals surface area (Å²) in [6.45, 7) is 11.6. The highest BCUT2D eigenvalue weighted by Gasteiger charge is 2.57. The van der Waals surface area contributed by atoms with Gasteiger partial charge in [0.2, 0.25) is 0 Å². The van der Waals surface area contributed by atoms with Crippen LogP contribution in [0.5, 0.6) is 0 Å². The van der Waals surface area contributed by atoms with Crippen LogP contribution in [0.25, 0.3) is 0 Å². The first-order valence-corrected chi connectivity index (χ1v) is 9.90. The van der Waals surface area contributed by atoms with Gasteiger partial charge in [-0.3, -0.25) is 4.79 Å². The lowest BCUT2D eigenvalue weighted by Gasteiger charge is -2.57. The third-order valence-electron chi connectivity index (χ3n) is 7.32. The van der Waals surface area contributed by atoms with E-state index in [1.807, 2.05) is 6.92 Å². The maximum atomic E-state index is 12.8. The lowest BCUT2D eigenvalue weighted by Crippen LogP contribution is -2.53. The van der Waals surface area contributed by atoms with Gasteiger partial charge in [0.15, 0.2) is 0 Å². The molecule has 0 bridgehead atoms. The molecule has 0 amide bonds. The minimum Gasteiger partial charge on any atom is -0.466 e. The molecule has 0 aliphatic heterocycles. The van der Waals surface area contributed by atoms with Crippen LogP contribution in [-0.4, -0.2) is 12.6 Å². The molecule has 3 rings (SSSR count). The third kappa shape index (κ3) is 2.66. The summed E-state index contributed by atoms with van der Waals surface area (Å²) in [6.07, 6.45) is 11.8. The molecule has 2 nitrogen and oxygen atoms in total. The maximum absolute atomic E-state index is 12.8. The van der Waals surface area contributed by atoms with Gasteiger partial charge >= 0.3 is 5.97 Å². The zero-order valence-electron chi connectivity index (χ0n) is 16.2. The van der Waals surface area contributed by atoms with Crippen molar-refractivity contribution in [2.24, 2.45) is 28.6 Å². The fourth-order valence-electron chi connectivity index (χ4n) is 5.88. The molecule has 4 atom stereocenters. The smallest absolute Gasteiger partial charge is 0.312 e. The van der Waals surface area contributed by atoms with Crippen LogP contribution < -0.4 is 0 Å². The summed E-state index contributed by atoms with van der Waals surface area (Å²) >= 11 is 0. The average Bonchev–Trinajstić information content (AvgIpc) is 2.54. The van der Waals surface area contributed by atoms with Gasteiger partial charge in [0.1, 0.15) is 0 Å². The molecule has 0 spiro atoms. The van der Waals surface area contributed by atoms with Gasteiger partial charge in [-0.2, -0.15) is 0 Å². The Balaban J connectivity index is 1.96. The van der Waals surface area contributed by atoms with E-state index in [4.69, 9.17) is 4.74 Å². The summed E-state index contributed by atoms with van der Waals surface area (Å²) in [4.78, 5) is 12.8. The zero-order valence-corrected chi connectivity index (χ0v) is 16.2. The molecule has 0 saturated heterocycles. The predicted molar refractivity (Wildman–Crippen MR) is 98.5 cm³/mol. The first-order chi connectivity index (χ1) is 11.3. The number of carbonyl (C=O) groups is 1. The Hall–Kier alpha value is -1.05. The normalized spacial score (nSPS) is 38.8. The first-order valence-electron chi connectivity index (χ1n) is 9.90. The Morgan fingerprint density at radius 2 is 2.08 bits per heavy atom. The fraction of sp³-hybridized carbons (Fsp3) is 0.773. The molecule has 0 aromatic carbocycles. The summed E-state index contributed by atoms with van der Waals surface area (Å²) in [5.41, 5.74) is 3.08. The lowest BCUT2D eigenvalue weighted by molar-refractivity contribution is -0.168. The van der Waals surface area contributed by atoms with E-state index in [0.717, 1.165) is 19.3 Å². The van der Waals surface area contributed by atoms with E-state index >= 15 is 0 Å². The van der Waals surface area contributed by atoms with Crippen molar-refractivity contribution in [2.45, 2.75) is 73.1 Å². The van der Waals surface area contributed by atoms with E-state index in [1.54, 1.807) is 11.1 Å². The highest BCUT2D eigenvalue weighted by molar-refractivity contribution is 5.77. The molecule has 0 radical (unpaired) electrons. The second kappa shape index (κ2) is 6.35. The monoisotopic (exact) mass is 330 g/mol. The van der Waals surface area contributed by atoms with Crippen molar-refractivity contribution in [2.75, 3.05) is 6.61 Å². The Morgan fingerprint density at radius 1 is 1.33 bits per heavy atom. The number of esters is 1. The Kier molecular flexibility index (Phi) is 4.70. The van der Waals surface area contributed by atoms with Gasteiger partial charge < -0.3 is 4.74 Å². The second-order valence-corrected chi connectivity index (χ2v) is 8.95. The van der Waals surface area contributed by atoms with Gasteiger partial charge in [-0.05, 0) is 74.7 Å². The minimum absolute atomic E-state index is 0.0343. The number of rotatable bonds is 3. The standard InChI is InChI=1S/C22H34O2/c1-6-24-20(23)22(5)13-7-12-21(4)18-10-8-16(15(2)3)14-17(18)9-11-19(21)22/h9,14-15,18-19H,6-8,10-13H2,1-5H3/t18-,19+,21+,22-/m1/s1. The van der Waals surface area contributed by atoms with Crippen molar-refractivity contribution in [3.05, 3.63) is 23.3 Å². The number of ether oxygens (including phenoxy) is 1. The maximum Gasteiger partial charge on any atom is 0.312 e. The second-order valence-electron chi connectivity index (χ2n) is 8.95. The quantitative estimate of drug-likeness (QED) is 0.622. The van der Waals surface area contributed by atoms with Crippen molar-refractivity contribution in [3.8, 4) is 0 Å². The first kappa shape index (κ1) is 17.8. The van der Waals surface area contributed by atoms with Crippen molar-refractivity contribution in [3.63, 3.8) is 0 Å². The van der Waals surface area contributed by atoms with Gasteiger partial charge in [0.25, 0.3) is 0 Å². The summed E-state index contributed by atoms with van der Waals surface area (Å²) in [5, 5.41) is 0. The highest BCUT2D eigenvalue weighted by atomic mass is 16.5. The Labute approximate surface area is 147 Å². The Morgan fingerprint density at radius 3 is 2.75 bits per heavy atom. The molecule has 1 saturated carbocycles. The van der Waals surface area contributed by atoms with Gasteiger partial charge in [-0.25, -0.2) is 0 Å². The van der Waals surface area contributed by atoms with Gasteiger partial charge in [0.05, 0.1) is 12.0 Å². The third-order valence-corrected chi connectivity index (χ3v) is 7.32. The SMILES string of the molecule is CCOC(=O)[C@]1(C)CCC[C@@]2(C)[C@@H]3CCC(C(C)C)=CC3=CC[C@@H]21. The van der Waals surface area contributed by atoms with Crippen LogP contribution in [0.3, 0.4) is 0 Å². The number of allylic oxidation sites excluding steroid dienone is 4. The minimum atomic E-state index is -0.312. The molecule has 3 aliphatic rings. The number of fused-ring (bicyclic) bond motifs is 3. The van der Waals surface area contributed by atoms with Gasteiger partial charge in [-0.1, -0.05) is 44.9 Å². The van der Waals surface area contributed by atoms with E-state index in [-0.39, 0.29) is 16.8 Å². The fourth-order valence-corrected chi connectivity index (χ4v) is 5.88. The van der Waals surface area contributed by atoms with Crippen LogP contribution in [0.1, 0.15) is 73.1 Å². The molecule has 1 fully saturated rings. The molecule has 0 N–H and O–H groups in total. The molecule has 0 aromatic heterocycles. The molecular formula is C22H34O2. The van der Waals surface area contributed by atoms with Crippen LogP contribution in [0.2, 0.25) is 0 Å². The molecule has 134 valence electrons. The summed E-state index contributed by atoms with van der Waals surface area (Å²) in [6, 6.07) is 0. The van der Waals surface area contributed by atoms with Crippen molar-refractivity contribution in [1.82, 2.24) is 0 Å². The van der Waals surface area contributed by atoms with E-state index in [0.29, 0.717) is 24.4 Å². The van der Waals surface area contributed by atoms with Crippen molar-refractivity contribution in [1.29, 1.82) is 0 Å². The van der Waals surface area contributed by atoms with Crippen molar-refractivity contribution >= 4 is 5.97 Å². The molecule has 2 heteroatoms. The summed E-state index contributed by atoms with van der Waals surface area (Å²) in [5.74, 6) is 1.72. The van der Waals surface area contributed by atoms with E-state index in [9.17, 15) is 4.79 Å². The predicted octanol–water partition coefficient (Wildman–Crippen LogP) is 5.68. The molecule has 3 aliphatic carbocycles.